The molecule has 0 amide bonds. The van der Waals surface area contributed by atoms with Crippen LogP contribution in [0, 0.1) is 0 Å². The van der Waals surface area contributed by atoms with Crippen molar-refractivity contribution in [3.63, 3.8) is 0 Å². The van der Waals surface area contributed by atoms with Gasteiger partial charge >= 0.3 is 38.9 Å². The maximum atomic E-state index is 9.87. The molecule has 0 bridgehead atoms. The molecule has 2 heterocycles. The first kappa shape index (κ1) is 21.6. The quantitative estimate of drug-likeness (QED) is 0.202. The predicted octanol–water partition coefficient (Wildman–Crippen LogP) is 4.28. The van der Waals surface area contributed by atoms with Crippen molar-refractivity contribution in [2.75, 3.05) is 40.4 Å². The number of benzene rings is 1. The number of fused-ring (bicyclic) bond motifs is 1. The second kappa shape index (κ2) is 6.75. The summed E-state index contributed by atoms with van der Waals surface area (Å²) >= 11 is 6.09. The molecule has 3 rings (SSSR count). The molecule has 1 aliphatic rings. The number of rotatable bonds is 0. The van der Waals surface area contributed by atoms with Crippen LogP contribution in [0.15, 0.2) is 18.2 Å². The Balaban J connectivity index is 0.000000321. The first-order valence-corrected chi connectivity index (χ1v) is 9.97. The van der Waals surface area contributed by atoms with Crippen LogP contribution in [0.4, 0.5) is 25.2 Å². The van der Waals surface area contributed by atoms with E-state index in [-0.39, 0.29) is 0 Å². The average Bonchev–Trinajstić information content (AvgIpc) is 2.88. The molecule has 6 nitrogen and oxygen atoms in total. The zero-order chi connectivity index (χ0) is 20.5. The molecular weight excluding hydrogens is 423 g/mol. The number of nitrogens with zero attached hydrogens (tertiary/aromatic N) is 5. The Labute approximate surface area is 155 Å². The van der Waals surface area contributed by atoms with Gasteiger partial charge in [0.25, 0.3) is 0 Å². The molecule has 0 unspecified atom stereocenters. The zero-order valence-corrected chi connectivity index (χ0v) is 15.9. The molecule has 0 atom stereocenters. The zero-order valence-electron chi connectivity index (χ0n) is 14.3. The van der Waals surface area contributed by atoms with E-state index in [0.29, 0.717) is 5.02 Å². The molecule has 0 saturated carbocycles. The Hall–Kier alpha value is -1.65. The molecule has 1 aliphatic heterocycles. The maximum absolute atomic E-state index is 10.7. The third-order valence-corrected chi connectivity index (χ3v) is 3.53. The van der Waals surface area contributed by atoms with Gasteiger partial charge in [-0.15, -0.1) is 5.10 Å². The molecular formula is C13H17ClF6N5OP. The van der Waals surface area contributed by atoms with Gasteiger partial charge in [0.2, 0.25) is 0 Å². The molecule has 14 heteroatoms. The van der Waals surface area contributed by atoms with Crippen LogP contribution in [0.25, 0.3) is 11.0 Å². The van der Waals surface area contributed by atoms with E-state index in [1.54, 1.807) is 0 Å². The summed E-state index contributed by atoms with van der Waals surface area (Å²) in [6.07, 6.45) is 0. The van der Waals surface area contributed by atoms with Crippen LogP contribution >= 0.6 is 19.4 Å². The van der Waals surface area contributed by atoms with Gasteiger partial charge in [-0.3, -0.25) is 9.48 Å². The number of halogens is 7. The number of hydrogen-bond donors (Lipinski definition) is 0. The fraction of sp³-hybridized carbons (Fsp3) is 0.462. The summed E-state index contributed by atoms with van der Waals surface area (Å²) < 4.78 is 68.5. The number of ether oxygens (including phenoxy) is 1. The Kier molecular flexibility index (Phi) is 5.41. The minimum atomic E-state index is -10.7. The topological polar surface area (TPSA) is 46.2 Å². The van der Waals surface area contributed by atoms with Gasteiger partial charge < -0.3 is 4.74 Å². The summed E-state index contributed by atoms with van der Waals surface area (Å²) in [6.45, 7) is 3.14. The molecule has 27 heavy (non-hydrogen) atoms. The molecule has 0 spiro atoms. The minimum absolute atomic E-state index is 0.682. The standard InChI is InChI=1S/C13H17ClN5O.F6P/c1-17(2)13(18-5-7-20-8-6-18)19-12-9-10(14)3-4-11(12)15-16-19;1-7(2,3,4,5)6/h3-4,9H,5-8H2,1-2H3;/q+1;-1. The number of hydrogen-bond acceptors (Lipinski definition) is 3. The third-order valence-electron chi connectivity index (χ3n) is 3.29. The van der Waals surface area contributed by atoms with Crippen molar-refractivity contribution in [3.05, 3.63) is 23.2 Å². The fourth-order valence-corrected chi connectivity index (χ4v) is 2.58. The van der Waals surface area contributed by atoms with Crippen LogP contribution in [-0.2, 0) is 4.74 Å². The SMILES string of the molecule is C[N+](C)=C(N1CCOCC1)n1nnc2ccc(Cl)cc21.F[P-](F)(F)(F)(F)F. The van der Waals surface area contributed by atoms with E-state index in [1.165, 1.54) is 0 Å². The van der Waals surface area contributed by atoms with Gasteiger partial charge in [0, 0.05) is 16.3 Å². The Bertz CT molecular complexity index is 848. The summed E-state index contributed by atoms with van der Waals surface area (Å²) in [5.41, 5.74) is 1.75. The third kappa shape index (κ3) is 7.47. The molecule has 1 saturated heterocycles. The summed E-state index contributed by atoms with van der Waals surface area (Å²) in [4.78, 5) is 2.25. The van der Waals surface area contributed by atoms with Crippen molar-refractivity contribution in [3.8, 4) is 0 Å². The molecule has 0 N–H and O–H groups in total. The summed E-state index contributed by atoms with van der Waals surface area (Å²) in [5.74, 6) is 0.984. The molecule has 0 radical (unpaired) electrons. The van der Waals surface area contributed by atoms with Crippen molar-refractivity contribution < 1.29 is 34.5 Å². The molecule has 0 aliphatic carbocycles. The molecule has 2 aromatic rings. The van der Waals surface area contributed by atoms with E-state index < -0.39 is 7.81 Å². The van der Waals surface area contributed by atoms with Gasteiger partial charge in [0.1, 0.15) is 5.52 Å². The van der Waals surface area contributed by atoms with Crippen LogP contribution in [0.5, 0.6) is 0 Å². The Morgan fingerprint density at radius 1 is 1.11 bits per heavy atom. The van der Waals surface area contributed by atoms with E-state index in [0.717, 1.165) is 43.3 Å². The summed E-state index contributed by atoms with van der Waals surface area (Å²) in [6, 6.07) is 5.60. The van der Waals surface area contributed by atoms with E-state index >= 15 is 0 Å². The summed E-state index contributed by atoms with van der Waals surface area (Å²) in [7, 11) is -6.65. The molecule has 1 aromatic heterocycles. The second-order valence-electron chi connectivity index (χ2n) is 5.89. The normalized spacial score (nSPS) is 17.6. The van der Waals surface area contributed by atoms with Gasteiger partial charge in [-0.2, -0.15) is 0 Å². The van der Waals surface area contributed by atoms with Crippen LogP contribution in [-0.4, -0.2) is 70.8 Å². The molecule has 1 aromatic carbocycles. The van der Waals surface area contributed by atoms with E-state index in [2.05, 4.69) is 15.2 Å². The molecule has 1 fully saturated rings. The fourth-order valence-electron chi connectivity index (χ4n) is 2.41. The monoisotopic (exact) mass is 439 g/mol. The van der Waals surface area contributed by atoms with Crippen molar-refractivity contribution in [1.29, 1.82) is 0 Å². The first-order chi connectivity index (χ1) is 12.1. The Morgan fingerprint density at radius 2 is 1.67 bits per heavy atom. The van der Waals surface area contributed by atoms with Crippen molar-refractivity contribution in [2.45, 2.75) is 0 Å². The van der Waals surface area contributed by atoms with E-state index in [9.17, 15) is 25.2 Å². The van der Waals surface area contributed by atoms with Gasteiger partial charge in [-0.05, 0) is 12.1 Å². The van der Waals surface area contributed by atoms with Gasteiger partial charge in [0.15, 0.2) is 5.52 Å². The summed E-state index contributed by atoms with van der Waals surface area (Å²) in [5, 5.41) is 9.17. The Morgan fingerprint density at radius 3 is 2.19 bits per heavy atom. The number of aromatic nitrogens is 3. The first-order valence-electron chi connectivity index (χ1n) is 7.56. The van der Waals surface area contributed by atoms with Gasteiger partial charge in [0.05, 0.1) is 40.4 Å². The van der Waals surface area contributed by atoms with Crippen LogP contribution < -0.4 is 0 Å². The van der Waals surface area contributed by atoms with E-state index in [4.69, 9.17) is 16.3 Å². The second-order valence-corrected chi connectivity index (χ2v) is 8.24. The average molecular weight is 440 g/mol. The van der Waals surface area contributed by atoms with E-state index in [1.807, 2.05) is 41.6 Å². The van der Waals surface area contributed by atoms with Crippen molar-refractivity contribution in [1.82, 2.24) is 19.9 Å². The van der Waals surface area contributed by atoms with Crippen molar-refractivity contribution in [2.24, 2.45) is 0 Å². The van der Waals surface area contributed by atoms with Crippen LogP contribution in [0.3, 0.4) is 0 Å². The van der Waals surface area contributed by atoms with Crippen LogP contribution in [0.2, 0.25) is 5.02 Å². The van der Waals surface area contributed by atoms with Crippen molar-refractivity contribution >= 4 is 36.4 Å². The molecule has 154 valence electrons. The van der Waals surface area contributed by atoms with Crippen LogP contribution in [0.1, 0.15) is 0 Å². The number of morpholine rings is 1. The van der Waals surface area contributed by atoms with Gasteiger partial charge in [-0.1, -0.05) is 16.3 Å². The van der Waals surface area contributed by atoms with Gasteiger partial charge in [-0.25, -0.2) is 0 Å². The predicted molar refractivity (Wildman–Crippen MR) is 91.0 cm³/mol.